The SMILES string of the molecule is [Fe+2].[O-]C(=C1C=CC=C1)c1ccc(-c2ccccc2)cc1.c1cc[cH-]c1. The van der Waals surface area contributed by atoms with Crippen molar-refractivity contribution >= 4 is 5.76 Å². The molecule has 0 N–H and O–H groups in total. The number of benzene rings is 2. The Morgan fingerprint density at radius 1 is 0.680 bits per heavy atom. The van der Waals surface area contributed by atoms with Crippen molar-refractivity contribution in [2.45, 2.75) is 0 Å². The van der Waals surface area contributed by atoms with E-state index in [1.54, 1.807) is 0 Å². The zero-order valence-corrected chi connectivity index (χ0v) is 14.8. The van der Waals surface area contributed by atoms with Gasteiger partial charge in [-0.25, -0.2) is 12.1 Å². The molecule has 0 bridgehead atoms. The molecule has 0 saturated carbocycles. The summed E-state index contributed by atoms with van der Waals surface area (Å²) < 4.78 is 0. The van der Waals surface area contributed by atoms with Gasteiger partial charge in [-0.3, -0.25) is 0 Å². The van der Waals surface area contributed by atoms with E-state index in [9.17, 15) is 5.11 Å². The Kier molecular flexibility index (Phi) is 7.15. The number of hydrogen-bond donors (Lipinski definition) is 0. The number of rotatable bonds is 2. The summed E-state index contributed by atoms with van der Waals surface area (Å²) in [6.45, 7) is 0. The molecule has 1 aliphatic rings. The summed E-state index contributed by atoms with van der Waals surface area (Å²) in [4.78, 5) is 0. The van der Waals surface area contributed by atoms with Crippen molar-refractivity contribution < 1.29 is 22.2 Å². The molecule has 4 rings (SSSR count). The van der Waals surface area contributed by atoms with Crippen molar-refractivity contribution in [2.24, 2.45) is 0 Å². The summed E-state index contributed by atoms with van der Waals surface area (Å²) in [5.74, 6) is 0.0737. The summed E-state index contributed by atoms with van der Waals surface area (Å²) in [5, 5.41) is 12.2. The average Bonchev–Trinajstić information content (AvgIpc) is 3.38. The first kappa shape index (κ1) is 18.7. The molecule has 25 heavy (non-hydrogen) atoms. The van der Waals surface area contributed by atoms with Crippen LogP contribution in [0.25, 0.3) is 16.9 Å². The summed E-state index contributed by atoms with van der Waals surface area (Å²) in [6, 6.07) is 27.9. The third-order valence-corrected chi connectivity index (χ3v) is 3.73. The van der Waals surface area contributed by atoms with Crippen LogP contribution in [-0.2, 0) is 17.1 Å². The molecule has 1 nitrogen and oxygen atoms in total. The van der Waals surface area contributed by atoms with Gasteiger partial charge in [-0.1, -0.05) is 84.7 Å². The first-order valence-electron chi connectivity index (χ1n) is 7.93. The molecule has 0 radical (unpaired) electrons. The van der Waals surface area contributed by atoms with Crippen LogP contribution in [0.3, 0.4) is 0 Å². The average molecular weight is 366 g/mol. The van der Waals surface area contributed by atoms with Gasteiger partial charge < -0.3 is 5.11 Å². The number of allylic oxidation sites excluding steroid dienone is 5. The Morgan fingerprint density at radius 3 is 1.76 bits per heavy atom. The molecule has 0 spiro atoms. The molecule has 0 aliphatic heterocycles. The second-order valence-corrected chi connectivity index (χ2v) is 5.41. The Morgan fingerprint density at radius 2 is 1.24 bits per heavy atom. The van der Waals surface area contributed by atoms with Crippen molar-refractivity contribution in [3.8, 4) is 11.1 Å². The first-order valence-corrected chi connectivity index (χ1v) is 7.93. The van der Waals surface area contributed by atoms with Crippen molar-refractivity contribution in [3.63, 3.8) is 0 Å². The third kappa shape index (κ3) is 5.15. The van der Waals surface area contributed by atoms with E-state index >= 15 is 0 Å². The van der Waals surface area contributed by atoms with Crippen LogP contribution < -0.4 is 5.11 Å². The standard InChI is InChI=1S/C18H14O.C5H5.Fe/c19-18(16-8-4-5-9-16)17-12-10-15(11-13-17)14-6-2-1-3-7-14;1-2-4-5-3-1;/h1-13,19H;1-5H;/q;-1;+2/p-1. The summed E-state index contributed by atoms with van der Waals surface area (Å²) in [6.07, 6.45) is 7.44. The van der Waals surface area contributed by atoms with Gasteiger partial charge in [-0.05, 0) is 22.3 Å². The largest absolute Gasteiger partial charge is 2.00 e. The van der Waals surface area contributed by atoms with E-state index < -0.39 is 0 Å². The van der Waals surface area contributed by atoms with E-state index in [4.69, 9.17) is 0 Å². The van der Waals surface area contributed by atoms with Crippen LogP contribution in [0, 0.1) is 0 Å². The molecule has 0 atom stereocenters. The van der Waals surface area contributed by atoms with Crippen LogP contribution >= 0.6 is 0 Å². The van der Waals surface area contributed by atoms with Gasteiger partial charge in [0.2, 0.25) is 0 Å². The van der Waals surface area contributed by atoms with E-state index in [0.717, 1.165) is 22.3 Å². The van der Waals surface area contributed by atoms with E-state index in [2.05, 4.69) is 12.1 Å². The van der Waals surface area contributed by atoms with Gasteiger partial charge in [0.15, 0.2) is 0 Å². The zero-order valence-electron chi connectivity index (χ0n) is 13.7. The summed E-state index contributed by atoms with van der Waals surface area (Å²) in [5.41, 5.74) is 3.76. The van der Waals surface area contributed by atoms with Gasteiger partial charge in [0.25, 0.3) is 0 Å². The van der Waals surface area contributed by atoms with Gasteiger partial charge in [-0.2, -0.15) is 18.2 Å². The maximum Gasteiger partial charge on any atom is 2.00 e. The van der Waals surface area contributed by atoms with Crippen molar-refractivity contribution in [1.82, 2.24) is 0 Å². The van der Waals surface area contributed by atoms with E-state index in [1.165, 1.54) is 0 Å². The zero-order chi connectivity index (χ0) is 16.6. The van der Waals surface area contributed by atoms with Crippen LogP contribution in [0.15, 0.2) is 115 Å². The first-order chi connectivity index (χ1) is 11.8. The smallest absolute Gasteiger partial charge is 0.872 e. The molecule has 0 unspecified atom stereocenters. The number of hydrogen-bond acceptors (Lipinski definition) is 1. The molecule has 2 heteroatoms. The van der Waals surface area contributed by atoms with Crippen LogP contribution in [0.4, 0.5) is 0 Å². The fourth-order valence-electron chi connectivity index (χ4n) is 2.46. The van der Waals surface area contributed by atoms with Crippen LogP contribution in [0.2, 0.25) is 0 Å². The molecule has 0 fully saturated rings. The Hall–Kier alpha value is -2.67. The minimum atomic E-state index is 0. The van der Waals surface area contributed by atoms with Crippen molar-refractivity contribution in [2.75, 3.05) is 0 Å². The quantitative estimate of drug-likeness (QED) is 0.357. The fourth-order valence-corrected chi connectivity index (χ4v) is 2.46. The predicted molar refractivity (Wildman–Crippen MR) is 99.1 cm³/mol. The molecular weight excluding hydrogens is 348 g/mol. The Labute approximate surface area is 159 Å². The molecule has 124 valence electrons. The minimum absolute atomic E-state index is 0. The van der Waals surface area contributed by atoms with E-state index in [1.807, 2.05) is 97.1 Å². The minimum Gasteiger partial charge on any atom is -0.872 e. The second kappa shape index (κ2) is 9.58. The van der Waals surface area contributed by atoms with E-state index in [-0.39, 0.29) is 22.8 Å². The van der Waals surface area contributed by atoms with Gasteiger partial charge in [0.05, 0.1) is 0 Å². The monoisotopic (exact) mass is 366 g/mol. The molecule has 1 aliphatic carbocycles. The van der Waals surface area contributed by atoms with Gasteiger partial charge in [0, 0.05) is 0 Å². The molecular formula is C23H18FeO. The van der Waals surface area contributed by atoms with Crippen LogP contribution in [-0.4, -0.2) is 0 Å². The third-order valence-electron chi connectivity index (χ3n) is 3.73. The summed E-state index contributed by atoms with van der Waals surface area (Å²) in [7, 11) is 0. The Bertz CT molecular complexity index is 808. The molecule has 0 amide bonds. The molecule has 3 aromatic carbocycles. The summed E-state index contributed by atoms with van der Waals surface area (Å²) >= 11 is 0. The Balaban J connectivity index is 0.000000325. The topological polar surface area (TPSA) is 23.1 Å². The van der Waals surface area contributed by atoms with Gasteiger partial charge in [0.1, 0.15) is 0 Å². The second-order valence-electron chi connectivity index (χ2n) is 5.41. The van der Waals surface area contributed by atoms with Crippen molar-refractivity contribution in [3.05, 3.63) is 120 Å². The molecule has 0 saturated heterocycles. The van der Waals surface area contributed by atoms with Gasteiger partial charge in [-0.15, -0.1) is 0 Å². The van der Waals surface area contributed by atoms with Gasteiger partial charge >= 0.3 is 17.1 Å². The fraction of sp³-hybridized carbons (Fsp3) is 0. The van der Waals surface area contributed by atoms with E-state index in [0.29, 0.717) is 0 Å². The van der Waals surface area contributed by atoms with Crippen LogP contribution in [0.5, 0.6) is 0 Å². The maximum absolute atomic E-state index is 12.2. The normalized spacial score (nSPS) is 11.4. The molecule has 3 aromatic rings. The predicted octanol–water partition coefficient (Wildman–Crippen LogP) is 4.95. The molecule has 0 heterocycles. The van der Waals surface area contributed by atoms with Crippen LogP contribution in [0.1, 0.15) is 5.56 Å². The van der Waals surface area contributed by atoms with Crippen molar-refractivity contribution in [1.29, 1.82) is 0 Å². The molecule has 0 aromatic heterocycles. The maximum atomic E-state index is 12.2.